The number of aryl methyl sites for hydroxylation is 1. The molecule has 1 fully saturated rings. The molecule has 2 rings (SSSR count). The van der Waals surface area contributed by atoms with E-state index in [0.29, 0.717) is 6.61 Å². The van der Waals surface area contributed by atoms with Crippen LogP contribution in [0.3, 0.4) is 0 Å². The zero-order valence-electron chi connectivity index (χ0n) is 17.1. The molecule has 7 nitrogen and oxygen atoms in total. The predicted octanol–water partition coefficient (Wildman–Crippen LogP) is 2.57. The number of ether oxygens (including phenoxy) is 1. The highest BCUT2D eigenvalue weighted by molar-refractivity contribution is 14.0. The minimum absolute atomic E-state index is 0. The van der Waals surface area contributed by atoms with Gasteiger partial charge < -0.3 is 20.1 Å². The summed E-state index contributed by atoms with van der Waals surface area (Å²) in [5, 5.41) is 17.1. The van der Waals surface area contributed by atoms with Crippen LogP contribution in [0.5, 0.6) is 0 Å². The summed E-state index contributed by atoms with van der Waals surface area (Å²) < 4.78 is 7.76. The highest BCUT2D eigenvalue weighted by atomic mass is 127. The molecule has 2 N–H and O–H groups in total. The van der Waals surface area contributed by atoms with Crippen molar-refractivity contribution in [3.05, 3.63) is 18.0 Å². The van der Waals surface area contributed by atoms with Gasteiger partial charge in [0, 0.05) is 45.0 Å². The van der Waals surface area contributed by atoms with Gasteiger partial charge in [-0.2, -0.15) is 5.10 Å². The summed E-state index contributed by atoms with van der Waals surface area (Å²) in [5.74, 6) is 0.939. The van der Waals surface area contributed by atoms with E-state index in [1.54, 1.807) is 0 Å². The predicted molar refractivity (Wildman–Crippen MR) is 120 cm³/mol. The van der Waals surface area contributed by atoms with Crippen LogP contribution in [-0.4, -0.2) is 65.1 Å². The number of morpholine rings is 1. The van der Waals surface area contributed by atoms with Crippen molar-refractivity contribution in [3.63, 3.8) is 0 Å². The smallest absolute Gasteiger partial charge is 0.194 e. The van der Waals surface area contributed by atoms with Crippen molar-refractivity contribution in [3.8, 4) is 0 Å². The average molecular weight is 493 g/mol. The van der Waals surface area contributed by atoms with Gasteiger partial charge in [-0.1, -0.05) is 13.8 Å². The van der Waals surface area contributed by atoms with E-state index in [1.807, 2.05) is 24.1 Å². The molecule has 27 heavy (non-hydrogen) atoms. The SMILES string of the molecule is CCNC(=NCC(CC)(CC)CCO)N1CCOC(c2cnn(C)c2)C1.I. The van der Waals surface area contributed by atoms with Crippen molar-refractivity contribution in [2.24, 2.45) is 17.5 Å². The number of hydrogen-bond donors (Lipinski definition) is 2. The van der Waals surface area contributed by atoms with E-state index in [9.17, 15) is 5.11 Å². The lowest BCUT2D eigenvalue weighted by Crippen LogP contribution is -2.48. The topological polar surface area (TPSA) is 74.9 Å². The first kappa shape index (κ1) is 24.2. The molecule has 2 heterocycles. The first-order valence-electron chi connectivity index (χ1n) is 9.81. The van der Waals surface area contributed by atoms with E-state index in [2.05, 4.69) is 36.1 Å². The molecule has 156 valence electrons. The zero-order chi connectivity index (χ0) is 19.0. The molecule has 8 heteroatoms. The number of hydrogen-bond acceptors (Lipinski definition) is 4. The maximum atomic E-state index is 9.45. The van der Waals surface area contributed by atoms with Gasteiger partial charge in [-0.15, -0.1) is 24.0 Å². The fraction of sp³-hybridized carbons (Fsp3) is 0.789. The molecule has 0 saturated carbocycles. The van der Waals surface area contributed by atoms with E-state index in [-0.39, 0.29) is 42.1 Å². The van der Waals surface area contributed by atoms with Gasteiger partial charge in [0.1, 0.15) is 6.10 Å². The number of aliphatic hydroxyl groups excluding tert-OH is 1. The number of aromatic nitrogens is 2. The third-order valence-corrected chi connectivity index (χ3v) is 5.50. The lowest BCUT2D eigenvalue weighted by atomic mass is 9.79. The monoisotopic (exact) mass is 493 g/mol. The van der Waals surface area contributed by atoms with Crippen molar-refractivity contribution in [2.45, 2.75) is 46.1 Å². The van der Waals surface area contributed by atoms with Crippen LogP contribution in [0.1, 0.15) is 51.7 Å². The maximum Gasteiger partial charge on any atom is 0.194 e. The fourth-order valence-electron chi connectivity index (χ4n) is 3.46. The van der Waals surface area contributed by atoms with Crippen LogP contribution >= 0.6 is 24.0 Å². The van der Waals surface area contributed by atoms with Crippen molar-refractivity contribution in [2.75, 3.05) is 39.4 Å². The standard InChI is InChI=1S/C19H35N5O2.HI/c1-5-19(6-2,8-10-25)15-21-18(20-7-3)24-9-11-26-17(14-24)16-12-22-23(4)13-16;/h12-13,17,25H,5-11,14-15H2,1-4H3,(H,20,21);1H. The molecule has 1 aliphatic heterocycles. The molecule has 0 aromatic carbocycles. The van der Waals surface area contributed by atoms with Crippen LogP contribution in [0.2, 0.25) is 0 Å². The number of aliphatic imine (C=N–C) groups is 1. The normalized spacial score (nSPS) is 18.3. The summed E-state index contributed by atoms with van der Waals surface area (Å²) in [5.41, 5.74) is 1.18. The Hall–Kier alpha value is -0.870. The molecule has 1 saturated heterocycles. The Bertz CT molecular complexity index is 574. The van der Waals surface area contributed by atoms with Gasteiger partial charge in [-0.25, -0.2) is 0 Å². The van der Waals surface area contributed by atoms with E-state index in [4.69, 9.17) is 9.73 Å². The number of aliphatic hydroxyl groups is 1. The summed E-state index contributed by atoms with van der Waals surface area (Å²) in [6.07, 6.45) is 6.74. The molecule has 0 amide bonds. The lowest BCUT2D eigenvalue weighted by molar-refractivity contribution is -0.00813. The first-order chi connectivity index (χ1) is 12.6. The Balaban J connectivity index is 0.00000364. The van der Waals surface area contributed by atoms with Gasteiger partial charge in [0.15, 0.2) is 5.96 Å². The molecular weight excluding hydrogens is 457 g/mol. The second-order valence-electron chi connectivity index (χ2n) is 7.10. The Labute approximate surface area is 180 Å². The highest BCUT2D eigenvalue weighted by Crippen LogP contribution is 2.31. The minimum atomic E-state index is 0. The number of rotatable bonds is 8. The second-order valence-corrected chi connectivity index (χ2v) is 7.10. The molecular formula is C19H36IN5O2. The van der Waals surface area contributed by atoms with E-state index in [0.717, 1.165) is 57.0 Å². The molecule has 0 radical (unpaired) electrons. The van der Waals surface area contributed by atoms with Gasteiger partial charge in [-0.3, -0.25) is 9.67 Å². The van der Waals surface area contributed by atoms with Crippen molar-refractivity contribution >= 4 is 29.9 Å². The van der Waals surface area contributed by atoms with Crippen LogP contribution in [0.25, 0.3) is 0 Å². The third kappa shape index (κ3) is 6.60. The largest absolute Gasteiger partial charge is 0.396 e. The zero-order valence-corrected chi connectivity index (χ0v) is 19.5. The van der Waals surface area contributed by atoms with Crippen molar-refractivity contribution in [1.29, 1.82) is 0 Å². The van der Waals surface area contributed by atoms with Crippen LogP contribution < -0.4 is 5.32 Å². The van der Waals surface area contributed by atoms with Gasteiger partial charge >= 0.3 is 0 Å². The molecule has 1 aliphatic rings. The summed E-state index contributed by atoms with van der Waals surface area (Å²) in [6, 6.07) is 0. The maximum absolute atomic E-state index is 9.45. The van der Waals surface area contributed by atoms with Crippen LogP contribution in [0.15, 0.2) is 17.4 Å². The quantitative estimate of drug-likeness (QED) is 0.331. The molecule has 0 bridgehead atoms. The Morgan fingerprint density at radius 1 is 1.41 bits per heavy atom. The molecule has 0 spiro atoms. The minimum Gasteiger partial charge on any atom is -0.396 e. The van der Waals surface area contributed by atoms with E-state index >= 15 is 0 Å². The van der Waals surface area contributed by atoms with Gasteiger partial charge in [0.2, 0.25) is 0 Å². The highest BCUT2D eigenvalue weighted by Gasteiger charge is 2.28. The van der Waals surface area contributed by atoms with Crippen LogP contribution in [-0.2, 0) is 11.8 Å². The third-order valence-electron chi connectivity index (χ3n) is 5.50. The summed E-state index contributed by atoms with van der Waals surface area (Å²) in [7, 11) is 1.92. The number of nitrogens with one attached hydrogen (secondary N) is 1. The molecule has 1 unspecified atom stereocenters. The molecule has 1 atom stereocenters. The Kier molecular flexibility index (Phi) is 10.6. The molecule has 1 aromatic heterocycles. The van der Waals surface area contributed by atoms with E-state index in [1.165, 1.54) is 0 Å². The van der Waals surface area contributed by atoms with Gasteiger partial charge in [-0.05, 0) is 31.6 Å². The first-order valence-corrected chi connectivity index (χ1v) is 9.81. The number of halogens is 1. The van der Waals surface area contributed by atoms with Crippen LogP contribution in [0, 0.1) is 5.41 Å². The van der Waals surface area contributed by atoms with Crippen molar-refractivity contribution < 1.29 is 9.84 Å². The summed E-state index contributed by atoms with van der Waals surface area (Å²) in [6.45, 7) is 10.5. The Morgan fingerprint density at radius 3 is 2.70 bits per heavy atom. The van der Waals surface area contributed by atoms with E-state index < -0.39 is 0 Å². The summed E-state index contributed by atoms with van der Waals surface area (Å²) in [4.78, 5) is 7.22. The lowest BCUT2D eigenvalue weighted by Gasteiger charge is -2.36. The van der Waals surface area contributed by atoms with Gasteiger partial charge in [0.25, 0.3) is 0 Å². The van der Waals surface area contributed by atoms with Crippen molar-refractivity contribution in [1.82, 2.24) is 20.0 Å². The second kappa shape index (κ2) is 11.9. The Morgan fingerprint density at radius 2 is 2.15 bits per heavy atom. The molecule has 1 aromatic rings. The molecule has 0 aliphatic carbocycles. The number of guanidine groups is 1. The fourth-order valence-corrected chi connectivity index (χ4v) is 3.46. The van der Waals surface area contributed by atoms with Crippen LogP contribution in [0.4, 0.5) is 0 Å². The van der Waals surface area contributed by atoms with Gasteiger partial charge in [0.05, 0.1) is 19.3 Å². The summed E-state index contributed by atoms with van der Waals surface area (Å²) >= 11 is 0. The number of nitrogens with zero attached hydrogens (tertiary/aromatic N) is 4. The average Bonchev–Trinajstić information content (AvgIpc) is 3.10.